The van der Waals surface area contributed by atoms with Gasteiger partial charge in [0.05, 0.1) is 33.4 Å². The summed E-state index contributed by atoms with van der Waals surface area (Å²) in [4.78, 5) is 12.7. The zero-order chi connectivity index (χ0) is 26.8. The van der Waals surface area contributed by atoms with Crippen molar-refractivity contribution in [2.75, 3.05) is 20.8 Å². The fourth-order valence-electron chi connectivity index (χ4n) is 5.01. The molecule has 0 saturated heterocycles. The van der Waals surface area contributed by atoms with Crippen molar-refractivity contribution < 1.29 is 23.7 Å². The predicted octanol–water partition coefficient (Wildman–Crippen LogP) is 7.17. The van der Waals surface area contributed by atoms with Gasteiger partial charge < -0.3 is 18.9 Å². The Labute approximate surface area is 220 Å². The van der Waals surface area contributed by atoms with Crippen molar-refractivity contribution in [3.05, 3.63) is 72.3 Å². The number of hydrogen-bond acceptors (Lipinski definition) is 5. The third kappa shape index (κ3) is 5.99. The average molecular weight is 503 g/mol. The lowest BCUT2D eigenvalue weighted by atomic mass is 9.90. The van der Waals surface area contributed by atoms with Crippen LogP contribution in [0.2, 0.25) is 0 Å². The zero-order valence-corrected chi connectivity index (χ0v) is 23.0. The third-order valence-electron chi connectivity index (χ3n) is 7.20. The number of carbonyl (C=O) groups is 1. The van der Waals surface area contributed by atoms with Crippen LogP contribution in [0.1, 0.15) is 40.2 Å². The molecule has 3 aromatic carbocycles. The van der Waals surface area contributed by atoms with E-state index in [0.717, 1.165) is 39.3 Å². The molecule has 0 radical (unpaired) electrons. The summed E-state index contributed by atoms with van der Waals surface area (Å²) < 4.78 is 22.7. The summed E-state index contributed by atoms with van der Waals surface area (Å²) >= 11 is 0. The van der Waals surface area contributed by atoms with Gasteiger partial charge in [-0.1, -0.05) is 56.3 Å². The van der Waals surface area contributed by atoms with Gasteiger partial charge in [0.1, 0.15) is 17.1 Å². The van der Waals surface area contributed by atoms with E-state index in [4.69, 9.17) is 18.9 Å². The Kier molecular flexibility index (Phi) is 7.65. The minimum absolute atomic E-state index is 0.133. The van der Waals surface area contributed by atoms with E-state index >= 15 is 0 Å². The Morgan fingerprint density at radius 2 is 1.41 bits per heavy atom. The van der Waals surface area contributed by atoms with Crippen LogP contribution in [-0.2, 0) is 20.9 Å². The Balaban J connectivity index is 1.58. The van der Waals surface area contributed by atoms with Gasteiger partial charge in [0.25, 0.3) is 0 Å². The lowest BCUT2D eigenvalue weighted by Crippen LogP contribution is -2.26. The van der Waals surface area contributed by atoms with Crippen LogP contribution in [0.15, 0.2) is 66.7 Å². The number of carbonyl (C=O) groups excluding carboxylic acids is 1. The summed E-state index contributed by atoms with van der Waals surface area (Å²) in [5.74, 6) is 1.50. The summed E-state index contributed by atoms with van der Waals surface area (Å²) in [7, 11) is 3.34. The maximum absolute atomic E-state index is 12.7. The molecular formula is C32H38O5. The molecule has 0 bridgehead atoms. The number of rotatable bonds is 9. The van der Waals surface area contributed by atoms with Crippen LogP contribution in [0.3, 0.4) is 0 Å². The van der Waals surface area contributed by atoms with Gasteiger partial charge in [-0.15, -0.1) is 0 Å². The van der Waals surface area contributed by atoms with Crippen LogP contribution < -0.4 is 9.47 Å². The average Bonchev–Trinajstić information content (AvgIpc) is 3.43. The van der Waals surface area contributed by atoms with Crippen LogP contribution in [0.4, 0.5) is 0 Å². The first-order valence-corrected chi connectivity index (χ1v) is 12.8. The van der Waals surface area contributed by atoms with Crippen LogP contribution in [0.5, 0.6) is 11.5 Å². The molecule has 2 unspecified atom stereocenters. The molecule has 0 N–H and O–H groups in total. The van der Waals surface area contributed by atoms with Crippen molar-refractivity contribution in [1.82, 2.24) is 0 Å². The van der Waals surface area contributed by atoms with Gasteiger partial charge in [0, 0.05) is 5.92 Å². The van der Waals surface area contributed by atoms with E-state index in [1.54, 1.807) is 14.2 Å². The molecule has 0 aromatic heterocycles. The predicted molar refractivity (Wildman–Crippen MR) is 147 cm³/mol. The van der Waals surface area contributed by atoms with Gasteiger partial charge >= 0.3 is 5.97 Å². The molecule has 1 saturated carbocycles. The van der Waals surface area contributed by atoms with Crippen molar-refractivity contribution >= 4 is 5.97 Å². The molecule has 5 nitrogen and oxygen atoms in total. The van der Waals surface area contributed by atoms with E-state index in [2.05, 4.69) is 56.3 Å². The van der Waals surface area contributed by atoms with Crippen molar-refractivity contribution in [2.24, 2.45) is 17.3 Å². The van der Waals surface area contributed by atoms with Gasteiger partial charge in [-0.2, -0.15) is 0 Å². The Morgan fingerprint density at radius 3 is 1.95 bits per heavy atom. The minimum Gasteiger partial charge on any atom is -0.497 e. The Bertz CT molecular complexity index is 1220. The maximum atomic E-state index is 12.7. The summed E-state index contributed by atoms with van der Waals surface area (Å²) in [6.45, 7) is 10.9. The molecule has 1 aliphatic rings. The topological polar surface area (TPSA) is 54.0 Å². The van der Waals surface area contributed by atoms with Crippen LogP contribution in [-0.4, -0.2) is 32.4 Å². The van der Waals surface area contributed by atoms with E-state index in [-0.39, 0.29) is 23.2 Å². The molecule has 1 aliphatic carbocycles. The summed E-state index contributed by atoms with van der Waals surface area (Å²) in [6, 6.07) is 22.5. The smallest absolute Gasteiger partial charge is 0.310 e. The van der Waals surface area contributed by atoms with Gasteiger partial charge in [-0.05, 0) is 78.3 Å². The summed E-state index contributed by atoms with van der Waals surface area (Å²) in [5.41, 5.74) is 4.89. The molecule has 0 spiro atoms. The van der Waals surface area contributed by atoms with E-state index in [1.165, 1.54) is 0 Å². The van der Waals surface area contributed by atoms with Crippen molar-refractivity contribution in [1.29, 1.82) is 0 Å². The highest BCUT2D eigenvalue weighted by atomic mass is 16.6. The number of hydrogen-bond donors (Lipinski definition) is 0. The number of ether oxygens (including phenoxy) is 4. The lowest BCUT2D eigenvalue weighted by Gasteiger charge is -2.20. The van der Waals surface area contributed by atoms with Gasteiger partial charge in [-0.25, -0.2) is 0 Å². The second-order valence-electron chi connectivity index (χ2n) is 11.3. The maximum Gasteiger partial charge on any atom is 0.310 e. The fraction of sp³-hybridized carbons (Fsp3) is 0.406. The SMILES string of the molecule is COc1ccc(-c2cccc(COCC3C(C(=O)OC(C)(C)C)C3(C)C)c2-c2ccc(OC)cc2)cc1. The molecule has 0 aliphatic heterocycles. The third-order valence-corrected chi connectivity index (χ3v) is 7.20. The van der Waals surface area contributed by atoms with E-state index in [9.17, 15) is 4.79 Å². The highest BCUT2D eigenvalue weighted by molar-refractivity contribution is 5.86. The normalized spacial score (nSPS) is 18.2. The zero-order valence-electron chi connectivity index (χ0n) is 23.0. The number of esters is 1. The molecule has 196 valence electrons. The first kappa shape index (κ1) is 26.7. The quantitative estimate of drug-likeness (QED) is 0.290. The van der Waals surface area contributed by atoms with E-state index in [0.29, 0.717) is 13.2 Å². The largest absolute Gasteiger partial charge is 0.497 e. The van der Waals surface area contributed by atoms with Crippen molar-refractivity contribution in [2.45, 2.75) is 46.8 Å². The summed E-state index contributed by atoms with van der Waals surface area (Å²) in [5, 5.41) is 0. The van der Waals surface area contributed by atoms with Crippen LogP contribution in [0, 0.1) is 17.3 Å². The van der Waals surface area contributed by atoms with Gasteiger partial charge in [0.15, 0.2) is 0 Å². The molecule has 0 amide bonds. The number of methoxy groups -OCH3 is 2. The van der Waals surface area contributed by atoms with Crippen molar-refractivity contribution in [3.63, 3.8) is 0 Å². The fourth-order valence-corrected chi connectivity index (χ4v) is 5.01. The van der Waals surface area contributed by atoms with E-state index < -0.39 is 5.60 Å². The second-order valence-corrected chi connectivity index (χ2v) is 11.3. The lowest BCUT2D eigenvalue weighted by molar-refractivity contribution is -0.157. The highest BCUT2D eigenvalue weighted by Crippen LogP contribution is 2.59. The van der Waals surface area contributed by atoms with Gasteiger partial charge in [0.2, 0.25) is 0 Å². The first-order chi connectivity index (χ1) is 17.5. The highest BCUT2D eigenvalue weighted by Gasteiger charge is 2.63. The molecule has 4 rings (SSSR count). The summed E-state index contributed by atoms with van der Waals surface area (Å²) in [6.07, 6.45) is 0. The molecule has 1 fully saturated rings. The Morgan fingerprint density at radius 1 is 0.838 bits per heavy atom. The second kappa shape index (κ2) is 10.6. The van der Waals surface area contributed by atoms with Crippen molar-refractivity contribution in [3.8, 4) is 33.8 Å². The van der Waals surface area contributed by atoms with Gasteiger partial charge in [-0.3, -0.25) is 4.79 Å². The Hall–Kier alpha value is -3.31. The molecule has 2 atom stereocenters. The van der Waals surface area contributed by atoms with Crippen LogP contribution in [0.25, 0.3) is 22.3 Å². The first-order valence-electron chi connectivity index (χ1n) is 12.8. The minimum atomic E-state index is -0.490. The van der Waals surface area contributed by atoms with E-state index in [1.807, 2.05) is 45.0 Å². The molecular weight excluding hydrogens is 464 g/mol. The monoisotopic (exact) mass is 502 g/mol. The molecule has 0 heterocycles. The standard InChI is InChI=1S/C32H38O5/c1-31(2,3)37-30(33)29-27(32(29,4)5)20-36-19-23-9-8-10-26(21-11-15-24(34-6)16-12-21)28(23)22-13-17-25(35-7)18-14-22/h8-18,27,29H,19-20H2,1-7H3. The molecule has 5 heteroatoms. The molecule has 37 heavy (non-hydrogen) atoms. The molecule has 3 aromatic rings. The van der Waals surface area contributed by atoms with Crippen LogP contribution >= 0.6 is 0 Å². The number of benzene rings is 3.